The number of aromatic nitrogens is 3. The zero-order chi connectivity index (χ0) is 18.6. The second-order valence-electron chi connectivity index (χ2n) is 6.20. The van der Waals surface area contributed by atoms with E-state index in [-0.39, 0.29) is 11.4 Å². The minimum Gasteiger partial charge on any atom is -0.360 e. The van der Waals surface area contributed by atoms with Crippen molar-refractivity contribution in [1.82, 2.24) is 14.8 Å². The second kappa shape index (κ2) is 7.14. The van der Waals surface area contributed by atoms with E-state index in [1.165, 1.54) is 0 Å². The highest BCUT2D eigenvalue weighted by Gasteiger charge is 2.16. The zero-order valence-corrected chi connectivity index (χ0v) is 14.5. The van der Waals surface area contributed by atoms with Crippen LogP contribution in [0, 0.1) is 11.3 Å². The van der Waals surface area contributed by atoms with Gasteiger partial charge in [-0.05, 0) is 17.7 Å². The van der Waals surface area contributed by atoms with E-state index < -0.39 is 0 Å². The van der Waals surface area contributed by atoms with E-state index in [1.54, 1.807) is 23.2 Å². The highest BCUT2D eigenvalue weighted by molar-refractivity contribution is 6.19. The van der Waals surface area contributed by atoms with Gasteiger partial charge in [0, 0.05) is 34.4 Å². The number of para-hydroxylation sites is 1. The first-order valence-electron chi connectivity index (χ1n) is 8.53. The average Bonchev–Trinajstić information content (AvgIpc) is 3.33. The Kier molecular flexibility index (Phi) is 4.38. The number of carbonyl (C=O) groups excluding carboxylic acids is 1. The highest BCUT2D eigenvalue weighted by atomic mass is 16.1. The molecule has 2 heterocycles. The number of aromatic amines is 1. The molecule has 0 atom stereocenters. The summed E-state index contributed by atoms with van der Waals surface area (Å²) in [6.45, 7) is 0.632. The minimum absolute atomic E-state index is 0.0824. The molecule has 0 radical (unpaired) electrons. The quantitative estimate of drug-likeness (QED) is 0.332. The fourth-order valence-electron chi connectivity index (χ4n) is 3.03. The first kappa shape index (κ1) is 16.6. The lowest BCUT2D eigenvalue weighted by molar-refractivity contribution is 0.104. The molecule has 5 nitrogen and oxygen atoms in total. The maximum Gasteiger partial charge on any atom is 0.205 e. The van der Waals surface area contributed by atoms with Crippen molar-refractivity contribution in [2.24, 2.45) is 0 Å². The van der Waals surface area contributed by atoms with Gasteiger partial charge in [0.1, 0.15) is 11.6 Å². The van der Waals surface area contributed by atoms with Crippen molar-refractivity contribution >= 4 is 22.8 Å². The molecule has 2 aromatic heterocycles. The lowest BCUT2D eigenvalue weighted by Gasteiger charge is -2.00. The third-order valence-corrected chi connectivity index (χ3v) is 4.35. The van der Waals surface area contributed by atoms with E-state index in [2.05, 4.69) is 10.1 Å². The molecule has 0 saturated carbocycles. The van der Waals surface area contributed by atoms with E-state index in [9.17, 15) is 10.1 Å². The van der Waals surface area contributed by atoms with Gasteiger partial charge in [0.25, 0.3) is 0 Å². The number of rotatable bonds is 5. The van der Waals surface area contributed by atoms with E-state index in [1.807, 2.05) is 66.9 Å². The Morgan fingerprint density at radius 3 is 2.74 bits per heavy atom. The topological polar surface area (TPSA) is 74.5 Å². The largest absolute Gasteiger partial charge is 0.360 e. The van der Waals surface area contributed by atoms with Crippen molar-refractivity contribution in [2.45, 2.75) is 6.54 Å². The van der Waals surface area contributed by atoms with Crippen LogP contribution >= 0.6 is 0 Å². The van der Waals surface area contributed by atoms with E-state index in [0.29, 0.717) is 12.1 Å². The SMILES string of the molecule is N#C/C(=C\c1cnn(Cc2ccccc2)c1)C(=O)c1c[nH]c2ccccc12. The Morgan fingerprint density at radius 2 is 1.93 bits per heavy atom. The Hall–Kier alpha value is -3.91. The van der Waals surface area contributed by atoms with Crippen LogP contribution in [0.3, 0.4) is 0 Å². The third-order valence-electron chi connectivity index (χ3n) is 4.35. The summed E-state index contributed by atoms with van der Waals surface area (Å²) < 4.78 is 1.78. The Labute approximate surface area is 156 Å². The minimum atomic E-state index is -0.300. The van der Waals surface area contributed by atoms with Crippen LogP contribution in [0.25, 0.3) is 17.0 Å². The van der Waals surface area contributed by atoms with Crippen LogP contribution in [-0.4, -0.2) is 20.5 Å². The van der Waals surface area contributed by atoms with Crippen molar-refractivity contribution < 1.29 is 4.79 Å². The molecule has 4 aromatic rings. The molecule has 0 spiro atoms. The van der Waals surface area contributed by atoms with Gasteiger partial charge in [0.15, 0.2) is 0 Å². The number of H-pyrrole nitrogens is 1. The lowest BCUT2D eigenvalue weighted by atomic mass is 10.0. The smallest absolute Gasteiger partial charge is 0.205 e. The molecule has 1 N–H and O–H groups in total. The monoisotopic (exact) mass is 352 g/mol. The van der Waals surface area contributed by atoms with Crippen molar-refractivity contribution in [2.75, 3.05) is 0 Å². The van der Waals surface area contributed by atoms with Crippen molar-refractivity contribution in [1.29, 1.82) is 5.26 Å². The number of nitriles is 1. The molecule has 0 amide bonds. The number of nitrogens with one attached hydrogen (secondary N) is 1. The Bertz CT molecular complexity index is 1180. The number of fused-ring (bicyclic) bond motifs is 1. The van der Waals surface area contributed by atoms with Crippen LogP contribution in [0.2, 0.25) is 0 Å². The van der Waals surface area contributed by atoms with E-state index in [0.717, 1.165) is 22.0 Å². The second-order valence-corrected chi connectivity index (χ2v) is 6.20. The normalized spacial score (nSPS) is 11.4. The van der Waals surface area contributed by atoms with Crippen LogP contribution in [-0.2, 0) is 6.54 Å². The number of Topliss-reactive ketones (excluding diaryl/α,β-unsaturated/α-hetero) is 1. The Morgan fingerprint density at radius 1 is 1.15 bits per heavy atom. The molecule has 130 valence electrons. The van der Waals surface area contributed by atoms with Gasteiger partial charge < -0.3 is 4.98 Å². The van der Waals surface area contributed by atoms with Gasteiger partial charge in [-0.15, -0.1) is 0 Å². The molecule has 27 heavy (non-hydrogen) atoms. The van der Waals surface area contributed by atoms with Gasteiger partial charge in [0.2, 0.25) is 5.78 Å². The van der Waals surface area contributed by atoms with Gasteiger partial charge in [-0.1, -0.05) is 48.5 Å². The average molecular weight is 352 g/mol. The number of benzene rings is 2. The molecule has 0 aliphatic carbocycles. The molecule has 0 unspecified atom stereocenters. The maximum absolute atomic E-state index is 12.8. The molecule has 4 rings (SSSR count). The zero-order valence-electron chi connectivity index (χ0n) is 14.5. The predicted octanol–water partition coefficient (Wildman–Crippen LogP) is 4.20. The predicted molar refractivity (Wildman–Crippen MR) is 104 cm³/mol. The molecular weight excluding hydrogens is 336 g/mol. The number of nitrogens with zero attached hydrogens (tertiary/aromatic N) is 3. The van der Waals surface area contributed by atoms with Gasteiger partial charge in [0.05, 0.1) is 12.7 Å². The number of ketones is 1. The molecule has 0 bridgehead atoms. The number of carbonyl (C=O) groups is 1. The van der Waals surface area contributed by atoms with Crippen molar-refractivity contribution in [3.63, 3.8) is 0 Å². The lowest BCUT2D eigenvalue weighted by Crippen LogP contribution is -2.01. The summed E-state index contributed by atoms with van der Waals surface area (Å²) in [5.74, 6) is -0.300. The van der Waals surface area contributed by atoms with Crippen LogP contribution in [0.15, 0.2) is 78.8 Å². The van der Waals surface area contributed by atoms with Crippen molar-refractivity contribution in [3.05, 3.63) is 95.5 Å². The summed E-state index contributed by atoms with van der Waals surface area (Å²) in [5, 5.41) is 14.6. The third kappa shape index (κ3) is 3.42. The van der Waals surface area contributed by atoms with E-state index >= 15 is 0 Å². The van der Waals surface area contributed by atoms with Gasteiger partial charge in [-0.25, -0.2) is 0 Å². The van der Waals surface area contributed by atoms with Crippen LogP contribution in [0.1, 0.15) is 21.5 Å². The number of allylic oxidation sites excluding steroid dienone is 1. The number of hydrogen-bond donors (Lipinski definition) is 1. The van der Waals surface area contributed by atoms with Crippen LogP contribution < -0.4 is 0 Å². The first-order valence-corrected chi connectivity index (χ1v) is 8.53. The summed E-state index contributed by atoms with van der Waals surface area (Å²) >= 11 is 0. The summed E-state index contributed by atoms with van der Waals surface area (Å²) in [4.78, 5) is 15.9. The van der Waals surface area contributed by atoms with Crippen LogP contribution in [0.5, 0.6) is 0 Å². The Balaban J connectivity index is 1.60. The van der Waals surface area contributed by atoms with E-state index in [4.69, 9.17) is 0 Å². The summed E-state index contributed by atoms with van der Waals surface area (Å²) in [7, 11) is 0. The fourth-order valence-corrected chi connectivity index (χ4v) is 3.03. The molecule has 5 heteroatoms. The van der Waals surface area contributed by atoms with Gasteiger partial charge in [-0.2, -0.15) is 10.4 Å². The maximum atomic E-state index is 12.8. The fraction of sp³-hybridized carbons (Fsp3) is 0.0455. The standard InChI is InChI=1S/C22H16N4O/c23-11-18(22(27)20-13-24-21-9-5-4-8-19(20)21)10-17-12-25-26(15-17)14-16-6-2-1-3-7-16/h1-10,12-13,15,24H,14H2/b18-10+. The summed E-state index contributed by atoms with van der Waals surface area (Å²) in [6, 6.07) is 19.5. The molecular formula is C22H16N4O. The number of hydrogen-bond acceptors (Lipinski definition) is 3. The molecule has 0 fully saturated rings. The molecule has 0 aliphatic heterocycles. The van der Waals surface area contributed by atoms with Gasteiger partial charge in [-0.3, -0.25) is 9.48 Å². The summed E-state index contributed by atoms with van der Waals surface area (Å²) in [5.41, 5.74) is 3.30. The first-order chi connectivity index (χ1) is 13.2. The molecule has 0 aliphatic rings. The molecule has 2 aromatic carbocycles. The van der Waals surface area contributed by atoms with Crippen LogP contribution in [0.4, 0.5) is 0 Å². The highest BCUT2D eigenvalue weighted by Crippen LogP contribution is 2.21. The summed E-state index contributed by atoms with van der Waals surface area (Å²) in [6.07, 6.45) is 6.71. The van der Waals surface area contributed by atoms with Gasteiger partial charge >= 0.3 is 0 Å². The molecule has 0 saturated heterocycles. The van der Waals surface area contributed by atoms with Crippen molar-refractivity contribution in [3.8, 4) is 6.07 Å².